The first-order valence-electron chi connectivity index (χ1n) is 6.38. The number of anilines is 3. The molecule has 0 atom stereocenters. The Morgan fingerprint density at radius 3 is 2.58 bits per heavy atom. The Kier molecular flexibility index (Phi) is 4.37. The first-order chi connectivity index (χ1) is 9.15. The lowest BCUT2D eigenvalue weighted by atomic mass is 10.2. The maximum Gasteiger partial charge on any atom is 0.152 e. The number of nitrogens with two attached hydrogens (primary N) is 1. The van der Waals surface area contributed by atoms with E-state index in [-0.39, 0.29) is 0 Å². The van der Waals surface area contributed by atoms with E-state index in [4.69, 9.17) is 5.73 Å². The quantitative estimate of drug-likeness (QED) is 0.822. The van der Waals surface area contributed by atoms with E-state index in [1.807, 2.05) is 11.7 Å². The van der Waals surface area contributed by atoms with Gasteiger partial charge in [0, 0.05) is 17.6 Å². The second kappa shape index (κ2) is 6.02. The number of aryl methyl sites for hydroxylation is 2. The topological polar surface area (TPSA) is 55.9 Å². The van der Waals surface area contributed by atoms with Crippen molar-refractivity contribution in [3.05, 3.63) is 30.0 Å². The number of thioether (sulfide) groups is 1. The lowest BCUT2D eigenvalue weighted by Gasteiger charge is -2.08. The smallest absolute Gasteiger partial charge is 0.152 e. The van der Waals surface area contributed by atoms with E-state index in [9.17, 15) is 0 Å². The highest BCUT2D eigenvalue weighted by molar-refractivity contribution is 7.98. The number of nitrogen functional groups attached to an aromatic ring is 1. The van der Waals surface area contributed by atoms with Crippen molar-refractivity contribution in [3.8, 4) is 0 Å². The molecule has 1 heterocycles. The van der Waals surface area contributed by atoms with Crippen LogP contribution in [0.4, 0.5) is 17.2 Å². The predicted octanol–water partition coefficient (Wildman–Crippen LogP) is 3.42. The van der Waals surface area contributed by atoms with Gasteiger partial charge in [0.25, 0.3) is 0 Å². The number of rotatable bonds is 5. The minimum atomic E-state index is 0.748. The maximum atomic E-state index is 6.14. The third kappa shape index (κ3) is 3.04. The van der Waals surface area contributed by atoms with Crippen LogP contribution in [0.5, 0.6) is 0 Å². The molecule has 5 heteroatoms. The van der Waals surface area contributed by atoms with Gasteiger partial charge in [-0.15, -0.1) is 11.8 Å². The molecule has 1 aromatic carbocycles. The third-order valence-electron chi connectivity index (χ3n) is 3.00. The SMILES string of the molecule is CCCc1nn(C)c(Nc2ccc(SC)cc2)c1N. The average Bonchev–Trinajstić information content (AvgIpc) is 2.68. The molecule has 2 aromatic rings. The fourth-order valence-electron chi connectivity index (χ4n) is 1.98. The van der Waals surface area contributed by atoms with Gasteiger partial charge in [0.2, 0.25) is 0 Å². The van der Waals surface area contributed by atoms with Gasteiger partial charge in [0.05, 0.1) is 11.4 Å². The van der Waals surface area contributed by atoms with Crippen LogP contribution in [0.2, 0.25) is 0 Å². The van der Waals surface area contributed by atoms with Crippen molar-refractivity contribution >= 4 is 29.0 Å². The van der Waals surface area contributed by atoms with Gasteiger partial charge in [-0.05, 0) is 36.9 Å². The number of aromatic nitrogens is 2. The Bertz CT molecular complexity index is 545. The molecule has 0 saturated heterocycles. The molecule has 1 aromatic heterocycles. The molecule has 0 saturated carbocycles. The van der Waals surface area contributed by atoms with Crippen LogP contribution in [-0.2, 0) is 13.5 Å². The summed E-state index contributed by atoms with van der Waals surface area (Å²) >= 11 is 1.73. The van der Waals surface area contributed by atoms with E-state index in [2.05, 4.69) is 47.9 Å². The molecular weight excluding hydrogens is 256 g/mol. The van der Waals surface area contributed by atoms with Gasteiger partial charge in [-0.3, -0.25) is 4.68 Å². The minimum absolute atomic E-state index is 0.748. The number of hydrogen-bond donors (Lipinski definition) is 2. The molecule has 0 aliphatic rings. The van der Waals surface area contributed by atoms with Crippen LogP contribution in [0.3, 0.4) is 0 Å². The molecule has 0 unspecified atom stereocenters. The standard InChI is InChI=1S/C14H20N4S/c1-4-5-12-13(15)14(18(2)17-12)16-10-6-8-11(19-3)9-7-10/h6-9,16H,4-5,15H2,1-3H3. The summed E-state index contributed by atoms with van der Waals surface area (Å²) in [6.07, 6.45) is 4.02. The second-order valence-electron chi connectivity index (χ2n) is 4.44. The molecule has 0 radical (unpaired) electrons. The highest BCUT2D eigenvalue weighted by Crippen LogP contribution is 2.27. The van der Waals surface area contributed by atoms with Crippen LogP contribution in [0, 0.1) is 0 Å². The van der Waals surface area contributed by atoms with Gasteiger partial charge in [-0.2, -0.15) is 5.10 Å². The highest BCUT2D eigenvalue weighted by Gasteiger charge is 2.12. The number of hydrogen-bond acceptors (Lipinski definition) is 4. The second-order valence-corrected chi connectivity index (χ2v) is 5.32. The van der Waals surface area contributed by atoms with Crippen LogP contribution in [0.1, 0.15) is 19.0 Å². The lowest BCUT2D eigenvalue weighted by Crippen LogP contribution is -2.01. The molecular formula is C14H20N4S. The van der Waals surface area contributed by atoms with Crippen molar-refractivity contribution in [1.29, 1.82) is 0 Å². The summed E-state index contributed by atoms with van der Waals surface area (Å²) in [5.74, 6) is 0.861. The van der Waals surface area contributed by atoms with E-state index < -0.39 is 0 Å². The maximum absolute atomic E-state index is 6.14. The number of nitrogens with zero attached hydrogens (tertiary/aromatic N) is 2. The molecule has 0 bridgehead atoms. The molecule has 3 N–H and O–H groups in total. The van der Waals surface area contributed by atoms with E-state index in [1.54, 1.807) is 11.8 Å². The summed E-state index contributed by atoms with van der Waals surface area (Å²) in [7, 11) is 1.91. The average molecular weight is 276 g/mol. The van der Waals surface area contributed by atoms with Gasteiger partial charge in [-0.1, -0.05) is 13.3 Å². The largest absolute Gasteiger partial charge is 0.394 e. The zero-order valence-corrected chi connectivity index (χ0v) is 12.4. The van der Waals surface area contributed by atoms with Crippen LogP contribution in [0.25, 0.3) is 0 Å². The summed E-state index contributed by atoms with van der Waals surface area (Å²) in [6.45, 7) is 2.13. The Balaban J connectivity index is 2.22. The number of nitrogens with one attached hydrogen (secondary N) is 1. The van der Waals surface area contributed by atoms with Crippen molar-refractivity contribution < 1.29 is 0 Å². The normalized spacial score (nSPS) is 10.7. The summed E-state index contributed by atoms with van der Waals surface area (Å²) in [5.41, 5.74) is 8.88. The molecule has 19 heavy (non-hydrogen) atoms. The zero-order valence-electron chi connectivity index (χ0n) is 11.6. The summed E-state index contributed by atoms with van der Waals surface area (Å²) < 4.78 is 1.81. The van der Waals surface area contributed by atoms with Crippen LogP contribution in [0.15, 0.2) is 29.2 Å². The fraction of sp³-hybridized carbons (Fsp3) is 0.357. The molecule has 0 aliphatic carbocycles. The van der Waals surface area contributed by atoms with Gasteiger partial charge in [0.15, 0.2) is 5.82 Å². The molecule has 4 nitrogen and oxygen atoms in total. The molecule has 0 aliphatic heterocycles. The van der Waals surface area contributed by atoms with E-state index in [0.717, 1.165) is 35.7 Å². The third-order valence-corrected chi connectivity index (χ3v) is 3.74. The summed E-state index contributed by atoms with van der Waals surface area (Å²) in [4.78, 5) is 1.25. The summed E-state index contributed by atoms with van der Waals surface area (Å²) in [6, 6.07) is 8.29. The van der Waals surface area contributed by atoms with E-state index in [0.29, 0.717) is 0 Å². The van der Waals surface area contributed by atoms with E-state index in [1.165, 1.54) is 4.90 Å². The van der Waals surface area contributed by atoms with Crippen molar-refractivity contribution in [2.24, 2.45) is 7.05 Å². The molecule has 2 rings (SSSR count). The predicted molar refractivity (Wildman–Crippen MR) is 83.1 cm³/mol. The van der Waals surface area contributed by atoms with Crippen molar-refractivity contribution in [1.82, 2.24) is 9.78 Å². The lowest BCUT2D eigenvalue weighted by molar-refractivity contribution is 0.740. The Morgan fingerprint density at radius 2 is 2.00 bits per heavy atom. The monoisotopic (exact) mass is 276 g/mol. The van der Waals surface area contributed by atoms with E-state index >= 15 is 0 Å². The van der Waals surface area contributed by atoms with Crippen molar-refractivity contribution in [2.75, 3.05) is 17.3 Å². The molecule has 0 fully saturated rings. The van der Waals surface area contributed by atoms with Crippen molar-refractivity contribution in [2.45, 2.75) is 24.7 Å². The fourth-order valence-corrected chi connectivity index (χ4v) is 2.38. The van der Waals surface area contributed by atoms with Gasteiger partial charge >= 0.3 is 0 Å². The number of benzene rings is 1. The van der Waals surface area contributed by atoms with Crippen LogP contribution < -0.4 is 11.1 Å². The molecule has 102 valence electrons. The Hall–Kier alpha value is -1.62. The molecule has 0 amide bonds. The van der Waals surface area contributed by atoms with Gasteiger partial charge in [-0.25, -0.2) is 0 Å². The summed E-state index contributed by atoms with van der Waals surface area (Å²) in [5, 5.41) is 7.79. The Labute approximate surface area is 118 Å². The van der Waals surface area contributed by atoms with Gasteiger partial charge < -0.3 is 11.1 Å². The van der Waals surface area contributed by atoms with Crippen molar-refractivity contribution in [3.63, 3.8) is 0 Å². The van der Waals surface area contributed by atoms with Gasteiger partial charge in [0.1, 0.15) is 0 Å². The Morgan fingerprint density at radius 1 is 1.32 bits per heavy atom. The first kappa shape index (κ1) is 13.8. The van der Waals surface area contributed by atoms with Crippen LogP contribution >= 0.6 is 11.8 Å². The zero-order chi connectivity index (χ0) is 13.8. The first-order valence-corrected chi connectivity index (χ1v) is 7.60. The minimum Gasteiger partial charge on any atom is -0.394 e. The van der Waals surface area contributed by atoms with Crippen LogP contribution in [-0.4, -0.2) is 16.0 Å². The molecule has 0 spiro atoms. The highest BCUT2D eigenvalue weighted by atomic mass is 32.2.